The standard InChI is InChI=1S/C13H23N5O2/c1-4-20-12-17-10(14-3)16-11(18-12)15-9-13(2)5-7-19-8-6-13/h4-9H2,1-3H3,(H2,14,15,16,17,18). The van der Waals surface area contributed by atoms with Crippen LogP contribution in [0.15, 0.2) is 0 Å². The average Bonchev–Trinajstić information content (AvgIpc) is 2.46. The third-order valence-corrected chi connectivity index (χ3v) is 3.49. The first-order valence-corrected chi connectivity index (χ1v) is 7.03. The molecule has 1 aliphatic rings. The summed E-state index contributed by atoms with van der Waals surface area (Å²) in [4.78, 5) is 12.7. The maximum absolute atomic E-state index is 5.41. The molecule has 2 heterocycles. The molecule has 7 nitrogen and oxygen atoms in total. The van der Waals surface area contributed by atoms with E-state index >= 15 is 0 Å². The fourth-order valence-corrected chi connectivity index (χ4v) is 2.07. The summed E-state index contributed by atoms with van der Waals surface area (Å²) in [5.74, 6) is 1.04. The van der Waals surface area contributed by atoms with E-state index in [-0.39, 0.29) is 5.41 Å². The Morgan fingerprint density at radius 2 is 1.90 bits per heavy atom. The molecule has 2 N–H and O–H groups in total. The van der Waals surface area contributed by atoms with Gasteiger partial charge in [-0.3, -0.25) is 0 Å². The van der Waals surface area contributed by atoms with Gasteiger partial charge in [0.25, 0.3) is 0 Å². The lowest BCUT2D eigenvalue weighted by Crippen LogP contribution is -2.33. The van der Waals surface area contributed by atoms with Crippen LogP contribution < -0.4 is 15.4 Å². The smallest absolute Gasteiger partial charge is 0.323 e. The lowest BCUT2D eigenvalue weighted by molar-refractivity contribution is 0.0299. The second kappa shape index (κ2) is 6.69. The van der Waals surface area contributed by atoms with Crippen molar-refractivity contribution in [2.45, 2.75) is 26.7 Å². The zero-order chi connectivity index (χ0) is 14.4. The van der Waals surface area contributed by atoms with Crippen molar-refractivity contribution in [2.75, 3.05) is 44.0 Å². The highest BCUT2D eigenvalue weighted by Gasteiger charge is 2.27. The van der Waals surface area contributed by atoms with Crippen LogP contribution in [0.25, 0.3) is 0 Å². The van der Waals surface area contributed by atoms with Gasteiger partial charge in [0.05, 0.1) is 6.61 Å². The topological polar surface area (TPSA) is 81.2 Å². The maximum atomic E-state index is 5.41. The number of rotatable bonds is 6. The van der Waals surface area contributed by atoms with Gasteiger partial charge in [-0.2, -0.15) is 15.0 Å². The number of ether oxygens (including phenoxy) is 2. The Morgan fingerprint density at radius 1 is 1.20 bits per heavy atom. The molecule has 0 aromatic carbocycles. The van der Waals surface area contributed by atoms with Gasteiger partial charge in [-0.25, -0.2) is 0 Å². The van der Waals surface area contributed by atoms with Crippen LogP contribution >= 0.6 is 0 Å². The molecule has 20 heavy (non-hydrogen) atoms. The number of aromatic nitrogens is 3. The van der Waals surface area contributed by atoms with Crippen LogP contribution in [0, 0.1) is 5.41 Å². The van der Waals surface area contributed by atoms with Crippen molar-refractivity contribution in [1.82, 2.24) is 15.0 Å². The first-order chi connectivity index (χ1) is 9.65. The molecule has 0 amide bonds. The molecule has 0 atom stereocenters. The fraction of sp³-hybridized carbons (Fsp3) is 0.769. The summed E-state index contributed by atoms with van der Waals surface area (Å²) in [5, 5.41) is 6.20. The molecule has 0 aliphatic carbocycles. The normalized spacial score (nSPS) is 17.6. The van der Waals surface area contributed by atoms with E-state index < -0.39 is 0 Å². The highest BCUT2D eigenvalue weighted by Crippen LogP contribution is 2.29. The quantitative estimate of drug-likeness (QED) is 0.818. The van der Waals surface area contributed by atoms with Crippen LogP contribution in [0.3, 0.4) is 0 Å². The Labute approximate surface area is 119 Å². The van der Waals surface area contributed by atoms with Gasteiger partial charge in [0, 0.05) is 26.8 Å². The van der Waals surface area contributed by atoms with Crippen LogP contribution in [0.2, 0.25) is 0 Å². The predicted octanol–water partition coefficient (Wildman–Crippen LogP) is 1.54. The van der Waals surface area contributed by atoms with Crippen molar-refractivity contribution in [3.63, 3.8) is 0 Å². The Balaban J connectivity index is 2.02. The van der Waals surface area contributed by atoms with Gasteiger partial charge in [0.15, 0.2) is 0 Å². The first kappa shape index (κ1) is 14.8. The van der Waals surface area contributed by atoms with Gasteiger partial charge in [-0.1, -0.05) is 6.92 Å². The van der Waals surface area contributed by atoms with Crippen LogP contribution in [0.1, 0.15) is 26.7 Å². The summed E-state index contributed by atoms with van der Waals surface area (Å²) in [6, 6.07) is 0.339. The van der Waals surface area contributed by atoms with E-state index in [0.717, 1.165) is 32.6 Å². The Bertz CT molecular complexity index is 435. The molecule has 7 heteroatoms. The van der Waals surface area contributed by atoms with Gasteiger partial charge < -0.3 is 20.1 Å². The summed E-state index contributed by atoms with van der Waals surface area (Å²) >= 11 is 0. The Morgan fingerprint density at radius 3 is 2.55 bits per heavy atom. The van der Waals surface area contributed by atoms with Crippen LogP contribution in [-0.4, -0.2) is 48.4 Å². The minimum absolute atomic E-state index is 0.219. The van der Waals surface area contributed by atoms with E-state index in [0.29, 0.717) is 24.5 Å². The largest absolute Gasteiger partial charge is 0.464 e. The molecule has 0 radical (unpaired) electrons. The lowest BCUT2D eigenvalue weighted by Gasteiger charge is -2.33. The van der Waals surface area contributed by atoms with Gasteiger partial charge in [-0.15, -0.1) is 0 Å². The summed E-state index contributed by atoms with van der Waals surface area (Å²) < 4.78 is 10.7. The maximum Gasteiger partial charge on any atom is 0.323 e. The Kier molecular flexibility index (Phi) is 4.94. The van der Waals surface area contributed by atoms with Crippen LogP contribution in [-0.2, 0) is 4.74 Å². The molecule has 0 unspecified atom stereocenters. The predicted molar refractivity (Wildman–Crippen MR) is 77.2 cm³/mol. The Hall–Kier alpha value is -1.63. The van der Waals surface area contributed by atoms with Crippen LogP contribution in [0.5, 0.6) is 6.01 Å². The number of hydrogen-bond acceptors (Lipinski definition) is 7. The van der Waals surface area contributed by atoms with E-state index in [1.54, 1.807) is 7.05 Å². The van der Waals surface area contributed by atoms with Gasteiger partial charge in [-0.05, 0) is 25.2 Å². The second-order valence-corrected chi connectivity index (χ2v) is 5.22. The molecule has 2 rings (SSSR count). The highest BCUT2D eigenvalue weighted by atomic mass is 16.5. The van der Waals surface area contributed by atoms with Gasteiger partial charge >= 0.3 is 6.01 Å². The SMILES string of the molecule is CCOc1nc(NC)nc(NCC2(C)CCOCC2)n1. The van der Waals surface area contributed by atoms with Crippen molar-refractivity contribution >= 4 is 11.9 Å². The molecule has 1 aromatic rings. The molecular weight excluding hydrogens is 258 g/mol. The van der Waals surface area contributed by atoms with Crippen molar-refractivity contribution in [2.24, 2.45) is 5.41 Å². The molecule has 1 aromatic heterocycles. The monoisotopic (exact) mass is 281 g/mol. The van der Waals surface area contributed by atoms with E-state index in [9.17, 15) is 0 Å². The third kappa shape index (κ3) is 3.93. The fourth-order valence-electron chi connectivity index (χ4n) is 2.07. The molecule has 112 valence electrons. The van der Waals surface area contributed by atoms with Gasteiger partial charge in [0.2, 0.25) is 11.9 Å². The zero-order valence-electron chi connectivity index (χ0n) is 12.4. The van der Waals surface area contributed by atoms with Crippen molar-refractivity contribution < 1.29 is 9.47 Å². The molecule has 1 saturated heterocycles. The minimum atomic E-state index is 0.219. The molecule has 0 saturated carbocycles. The summed E-state index contributed by atoms with van der Waals surface area (Å²) in [6.07, 6.45) is 2.09. The van der Waals surface area contributed by atoms with Crippen LogP contribution in [0.4, 0.5) is 11.9 Å². The van der Waals surface area contributed by atoms with Crippen molar-refractivity contribution in [3.05, 3.63) is 0 Å². The number of nitrogens with one attached hydrogen (secondary N) is 2. The summed E-state index contributed by atoms with van der Waals surface area (Å²) in [6.45, 7) is 7.14. The first-order valence-electron chi connectivity index (χ1n) is 7.03. The average molecular weight is 281 g/mol. The summed E-state index contributed by atoms with van der Waals surface area (Å²) in [5.41, 5.74) is 0.219. The van der Waals surface area contributed by atoms with E-state index in [4.69, 9.17) is 9.47 Å². The molecule has 0 spiro atoms. The number of nitrogens with zero attached hydrogens (tertiary/aromatic N) is 3. The summed E-state index contributed by atoms with van der Waals surface area (Å²) in [7, 11) is 1.77. The van der Waals surface area contributed by atoms with E-state index in [1.165, 1.54) is 0 Å². The molecule has 0 bridgehead atoms. The third-order valence-electron chi connectivity index (χ3n) is 3.49. The van der Waals surface area contributed by atoms with Crippen molar-refractivity contribution in [1.29, 1.82) is 0 Å². The number of hydrogen-bond donors (Lipinski definition) is 2. The zero-order valence-corrected chi connectivity index (χ0v) is 12.4. The van der Waals surface area contributed by atoms with E-state index in [1.807, 2.05) is 6.92 Å². The van der Waals surface area contributed by atoms with E-state index in [2.05, 4.69) is 32.5 Å². The minimum Gasteiger partial charge on any atom is -0.464 e. The van der Waals surface area contributed by atoms with Crippen molar-refractivity contribution in [3.8, 4) is 6.01 Å². The highest BCUT2D eigenvalue weighted by molar-refractivity contribution is 5.35. The number of anilines is 2. The molecule has 1 aliphatic heterocycles. The molecular formula is C13H23N5O2. The van der Waals surface area contributed by atoms with Gasteiger partial charge in [0.1, 0.15) is 0 Å². The molecule has 1 fully saturated rings. The lowest BCUT2D eigenvalue weighted by atomic mass is 9.82. The second-order valence-electron chi connectivity index (χ2n) is 5.22.